The SMILES string of the molecule is CC(C(=O)Nc1ccc(SC(F)F)cc1)N1C(=O)c2cc(Cl)c(Cl)cc2C1=O. The lowest BCUT2D eigenvalue weighted by atomic mass is 10.1. The number of halogens is 4. The summed E-state index contributed by atoms with van der Waals surface area (Å²) in [4.78, 5) is 38.8. The van der Waals surface area contributed by atoms with Crippen molar-refractivity contribution in [2.75, 3.05) is 5.32 Å². The molecule has 0 aliphatic carbocycles. The van der Waals surface area contributed by atoms with Crippen LogP contribution in [0.2, 0.25) is 10.0 Å². The Labute approximate surface area is 173 Å². The molecule has 3 rings (SSSR count). The summed E-state index contributed by atoms with van der Waals surface area (Å²) in [6.45, 7) is 1.40. The third-order valence-electron chi connectivity index (χ3n) is 4.07. The van der Waals surface area contributed by atoms with Gasteiger partial charge < -0.3 is 5.32 Å². The molecule has 0 bridgehead atoms. The molecule has 0 aromatic heterocycles. The van der Waals surface area contributed by atoms with Crippen LogP contribution >= 0.6 is 35.0 Å². The first-order valence-electron chi connectivity index (χ1n) is 7.91. The van der Waals surface area contributed by atoms with Gasteiger partial charge in [0.2, 0.25) is 5.91 Å². The Balaban J connectivity index is 1.75. The van der Waals surface area contributed by atoms with Gasteiger partial charge in [0.05, 0.1) is 21.2 Å². The van der Waals surface area contributed by atoms with Gasteiger partial charge >= 0.3 is 0 Å². The van der Waals surface area contributed by atoms with Crippen LogP contribution in [0.15, 0.2) is 41.3 Å². The average molecular weight is 445 g/mol. The molecule has 28 heavy (non-hydrogen) atoms. The van der Waals surface area contributed by atoms with Gasteiger partial charge in [-0.25, -0.2) is 0 Å². The van der Waals surface area contributed by atoms with Crippen LogP contribution in [0.4, 0.5) is 14.5 Å². The van der Waals surface area contributed by atoms with Crippen molar-refractivity contribution in [1.82, 2.24) is 4.90 Å². The highest BCUT2D eigenvalue weighted by molar-refractivity contribution is 7.99. The summed E-state index contributed by atoms with van der Waals surface area (Å²) in [5.41, 5.74) is 0.498. The van der Waals surface area contributed by atoms with Gasteiger partial charge in [0.15, 0.2) is 0 Å². The molecule has 0 spiro atoms. The number of benzene rings is 2. The number of thioether (sulfide) groups is 1. The zero-order chi connectivity index (χ0) is 20.6. The third kappa shape index (κ3) is 3.99. The number of alkyl halides is 2. The fraction of sp³-hybridized carbons (Fsp3) is 0.167. The predicted octanol–water partition coefficient (Wildman–Crippen LogP) is 4.93. The van der Waals surface area contributed by atoms with Crippen LogP contribution < -0.4 is 5.32 Å². The standard InChI is InChI=1S/C18H12Cl2F2N2O3S/c1-8(15(25)23-9-2-4-10(5-3-9)28-18(21)22)24-16(26)11-6-13(19)14(20)7-12(11)17(24)27/h2-8,18H,1H3,(H,23,25). The van der Waals surface area contributed by atoms with Crippen molar-refractivity contribution in [3.8, 4) is 0 Å². The molecule has 1 N–H and O–H groups in total. The highest BCUT2D eigenvalue weighted by atomic mass is 35.5. The summed E-state index contributed by atoms with van der Waals surface area (Å²) < 4.78 is 24.7. The predicted molar refractivity (Wildman–Crippen MR) is 103 cm³/mol. The molecule has 5 nitrogen and oxygen atoms in total. The molecule has 2 aromatic rings. The molecular formula is C18H12Cl2F2N2O3S. The molecule has 0 radical (unpaired) electrons. The molecule has 0 saturated carbocycles. The number of nitrogens with zero attached hydrogens (tertiary/aromatic N) is 1. The van der Waals surface area contributed by atoms with Gasteiger partial charge in [0, 0.05) is 10.6 Å². The molecule has 1 heterocycles. The molecular weight excluding hydrogens is 433 g/mol. The van der Waals surface area contributed by atoms with E-state index in [2.05, 4.69) is 5.32 Å². The minimum Gasteiger partial charge on any atom is -0.324 e. The number of anilines is 1. The number of imide groups is 1. The van der Waals surface area contributed by atoms with Crippen LogP contribution in [0.5, 0.6) is 0 Å². The fourth-order valence-corrected chi connectivity index (χ4v) is 3.51. The molecule has 1 atom stereocenters. The van der Waals surface area contributed by atoms with E-state index in [4.69, 9.17) is 23.2 Å². The number of nitrogens with one attached hydrogen (secondary N) is 1. The number of carbonyl (C=O) groups excluding carboxylic acids is 3. The van der Waals surface area contributed by atoms with E-state index in [1.54, 1.807) is 0 Å². The van der Waals surface area contributed by atoms with Gasteiger partial charge in [-0.1, -0.05) is 35.0 Å². The molecule has 146 valence electrons. The maximum Gasteiger partial charge on any atom is 0.288 e. The van der Waals surface area contributed by atoms with E-state index < -0.39 is 29.5 Å². The van der Waals surface area contributed by atoms with E-state index in [1.165, 1.54) is 43.3 Å². The highest BCUT2D eigenvalue weighted by Crippen LogP contribution is 2.32. The van der Waals surface area contributed by atoms with Gasteiger partial charge in [0.1, 0.15) is 6.04 Å². The smallest absolute Gasteiger partial charge is 0.288 e. The number of fused-ring (bicyclic) bond motifs is 1. The Hall–Kier alpha value is -2.16. The minimum atomic E-state index is -2.55. The average Bonchev–Trinajstić information content (AvgIpc) is 2.86. The third-order valence-corrected chi connectivity index (χ3v) is 5.52. The van der Waals surface area contributed by atoms with Crippen LogP contribution in [-0.2, 0) is 4.79 Å². The van der Waals surface area contributed by atoms with Crippen molar-refractivity contribution in [2.45, 2.75) is 23.6 Å². The summed E-state index contributed by atoms with van der Waals surface area (Å²) in [7, 11) is 0. The number of rotatable bonds is 5. The van der Waals surface area contributed by atoms with E-state index in [0.717, 1.165) is 4.90 Å². The molecule has 3 amide bonds. The summed E-state index contributed by atoms with van der Waals surface area (Å²) in [5, 5.41) is 2.81. The van der Waals surface area contributed by atoms with Gasteiger partial charge in [-0.15, -0.1) is 0 Å². The second-order valence-electron chi connectivity index (χ2n) is 5.86. The van der Waals surface area contributed by atoms with Gasteiger partial charge in [0.25, 0.3) is 17.6 Å². The summed E-state index contributed by atoms with van der Waals surface area (Å²) in [6.07, 6.45) is 0. The first-order valence-corrected chi connectivity index (χ1v) is 9.55. The van der Waals surface area contributed by atoms with Crippen molar-refractivity contribution in [1.29, 1.82) is 0 Å². The second-order valence-corrected chi connectivity index (χ2v) is 7.74. The van der Waals surface area contributed by atoms with Crippen LogP contribution in [0.3, 0.4) is 0 Å². The highest BCUT2D eigenvalue weighted by Gasteiger charge is 2.41. The molecule has 0 saturated heterocycles. The van der Waals surface area contributed by atoms with E-state index in [0.29, 0.717) is 22.3 Å². The molecule has 1 aliphatic rings. The van der Waals surface area contributed by atoms with Gasteiger partial charge in [-0.05, 0) is 43.3 Å². The van der Waals surface area contributed by atoms with Gasteiger partial charge in [-0.3, -0.25) is 19.3 Å². The molecule has 0 fully saturated rings. The Bertz CT molecular complexity index is 929. The normalized spacial score (nSPS) is 14.4. The maximum atomic E-state index is 12.6. The number of hydrogen-bond acceptors (Lipinski definition) is 4. The Morgan fingerprint density at radius 2 is 1.54 bits per heavy atom. The van der Waals surface area contributed by atoms with Crippen molar-refractivity contribution in [3.63, 3.8) is 0 Å². The number of amides is 3. The lowest BCUT2D eigenvalue weighted by Gasteiger charge is -2.21. The number of hydrogen-bond donors (Lipinski definition) is 1. The van der Waals surface area contributed by atoms with E-state index >= 15 is 0 Å². The van der Waals surface area contributed by atoms with Crippen molar-refractivity contribution < 1.29 is 23.2 Å². The minimum absolute atomic E-state index is 0.0763. The first-order chi connectivity index (χ1) is 13.2. The van der Waals surface area contributed by atoms with E-state index in [-0.39, 0.29) is 21.2 Å². The van der Waals surface area contributed by atoms with Crippen molar-refractivity contribution in [3.05, 3.63) is 57.6 Å². The van der Waals surface area contributed by atoms with Crippen LogP contribution in [0.25, 0.3) is 0 Å². The molecule has 2 aromatic carbocycles. The topological polar surface area (TPSA) is 66.5 Å². The van der Waals surface area contributed by atoms with Crippen LogP contribution in [0, 0.1) is 0 Å². The molecule has 1 aliphatic heterocycles. The lowest BCUT2D eigenvalue weighted by molar-refractivity contribution is -0.119. The Morgan fingerprint density at radius 1 is 1.04 bits per heavy atom. The van der Waals surface area contributed by atoms with Gasteiger partial charge in [-0.2, -0.15) is 8.78 Å². The summed E-state index contributed by atoms with van der Waals surface area (Å²) in [6, 6.07) is 7.26. The van der Waals surface area contributed by atoms with Crippen LogP contribution in [0.1, 0.15) is 27.6 Å². The largest absolute Gasteiger partial charge is 0.324 e. The maximum absolute atomic E-state index is 12.6. The van der Waals surface area contributed by atoms with Crippen molar-refractivity contribution in [2.24, 2.45) is 0 Å². The summed E-state index contributed by atoms with van der Waals surface area (Å²) >= 11 is 12.2. The second kappa shape index (κ2) is 8.06. The Kier molecular flexibility index (Phi) is 5.92. The zero-order valence-corrected chi connectivity index (χ0v) is 16.5. The quantitative estimate of drug-likeness (QED) is 0.524. The lowest BCUT2D eigenvalue weighted by Crippen LogP contribution is -2.45. The summed E-state index contributed by atoms with van der Waals surface area (Å²) in [5.74, 6) is -4.45. The molecule has 10 heteroatoms. The van der Waals surface area contributed by atoms with Crippen molar-refractivity contribution >= 4 is 58.4 Å². The zero-order valence-electron chi connectivity index (χ0n) is 14.2. The van der Waals surface area contributed by atoms with E-state index in [1.807, 2.05) is 0 Å². The fourth-order valence-electron chi connectivity index (χ4n) is 2.69. The Morgan fingerprint density at radius 3 is 2.00 bits per heavy atom. The monoisotopic (exact) mass is 444 g/mol. The van der Waals surface area contributed by atoms with E-state index in [9.17, 15) is 23.2 Å². The number of carbonyl (C=O) groups is 3. The van der Waals surface area contributed by atoms with Crippen LogP contribution in [-0.4, -0.2) is 34.4 Å². The first kappa shape index (κ1) is 20.6. The molecule has 1 unspecified atom stereocenters.